The van der Waals surface area contributed by atoms with Crippen LogP contribution in [-0.4, -0.2) is 30.1 Å². The topological polar surface area (TPSA) is 81.5 Å². The molecule has 6 nitrogen and oxygen atoms in total. The van der Waals surface area contributed by atoms with E-state index in [1.807, 2.05) is 0 Å². The number of benzene rings is 1. The molecule has 1 amide bonds. The van der Waals surface area contributed by atoms with Gasteiger partial charge in [0, 0.05) is 18.2 Å². The first-order chi connectivity index (χ1) is 9.52. The SMILES string of the molecule is COC1CCCC1NC(=O)c1cc(Cl)ccc1[N+](=O)[O-]. The van der Waals surface area contributed by atoms with Crippen LogP contribution < -0.4 is 5.32 Å². The molecule has 0 spiro atoms. The number of nitro benzene ring substituents is 1. The second-order valence-electron chi connectivity index (χ2n) is 4.70. The molecule has 0 saturated heterocycles. The summed E-state index contributed by atoms with van der Waals surface area (Å²) in [6, 6.07) is 3.82. The average molecular weight is 299 g/mol. The predicted octanol–water partition coefficient (Wildman–Crippen LogP) is 2.55. The average Bonchev–Trinajstić information content (AvgIpc) is 2.85. The van der Waals surface area contributed by atoms with Gasteiger partial charge in [-0.25, -0.2) is 0 Å². The largest absolute Gasteiger partial charge is 0.379 e. The van der Waals surface area contributed by atoms with Gasteiger partial charge in [0.05, 0.1) is 17.1 Å². The highest BCUT2D eigenvalue weighted by molar-refractivity contribution is 6.31. The predicted molar refractivity (Wildman–Crippen MR) is 74.0 cm³/mol. The molecule has 1 aromatic rings. The number of carbonyl (C=O) groups excluding carboxylic acids is 1. The number of nitro groups is 1. The number of halogens is 1. The van der Waals surface area contributed by atoms with Gasteiger partial charge in [0.15, 0.2) is 0 Å². The van der Waals surface area contributed by atoms with E-state index in [4.69, 9.17) is 16.3 Å². The van der Waals surface area contributed by atoms with Crippen LogP contribution in [-0.2, 0) is 4.74 Å². The maximum absolute atomic E-state index is 12.2. The Labute approximate surface area is 121 Å². The Morgan fingerprint density at radius 1 is 1.50 bits per heavy atom. The van der Waals surface area contributed by atoms with Crippen molar-refractivity contribution in [3.63, 3.8) is 0 Å². The maximum Gasteiger partial charge on any atom is 0.282 e. The van der Waals surface area contributed by atoms with Crippen molar-refractivity contribution in [1.29, 1.82) is 0 Å². The summed E-state index contributed by atoms with van der Waals surface area (Å²) in [6.45, 7) is 0. The lowest BCUT2D eigenvalue weighted by Gasteiger charge is -2.19. The van der Waals surface area contributed by atoms with Crippen molar-refractivity contribution < 1.29 is 14.5 Å². The smallest absolute Gasteiger partial charge is 0.282 e. The van der Waals surface area contributed by atoms with Crippen LogP contribution in [0.5, 0.6) is 0 Å². The molecular weight excluding hydrogens is 284 g/mol. The van der Waals surface area contributed by atoms with E-state index in [1.54, 1.807) is 7.11 Å². The molecule has 0 radical (unpaired) electrons. The van der Waals surface area contributed by atoms with Crippen LogP contribution in [0.1, 0.15) is 29.6 Å². The minimum atomic E-state index is -0.590. The van der Waals surface area contributed by atoms with E-state index in [2.05, 4.69) is 5.32 Å². The van der Waals surface area contributed by atoms with Gasteiger partial charge in [-0.3, -0.25) is 14.9 Å². The number of rotatable bonds is 4. The van der Waals surface area contributed by atoms with Gasteiger partial charge in [-0.1, -0.05) is 11.6 Å². The Balaban J connectivity index is 2.20. The van der Waals surface area contributed by atoms with Gasteiger partial charge >= 0.3 is 0 Å². The van der Waals surface area contributed by atoms with E-state index in [0.29, 0.717) is 0 Å². The number of hydrogen-bond donors (Lipinski definition) is 1. The fourth-order valence-electron chi connectivity index (χ4n) is 2.47. The number of nitrogens with zero attached hydrogens (tertiary/aromatic N) is 1. The quantitative estimate of drug-likeness (QED) is 0.684. The van der Waals surface area contributed by atoms with E-state index in [9.17, 15) is 14.9 Å². The Bertz CT molecular complexity index is 535. The first-order valence-electron chi connectivity index (χ1n) is 6.30. The van der Waals surface area contributed by atoms with Crippen molar-refractivity contribution in [1.82, 2.24) is 5.32 Å². The molecule has 1 aliphatic carbocycles. The van der Waals surface area contributed by atoms with Gasteiger partial charge < -0.3 is 10.1 Å². The van der Waals surface area contributed by atoms with Crippen molar-refractivity contribution in [3.05, 3.63) is 38.9 Å². The standard InChI is InChI=1S/C13H15ClN2O4/c1-20-12-4-2-3-10(12)15-13(17)9-7-8(14)5-6-11(9)16(18)19/h5-7,10,12H,2-4H2,1H3,(H,15,17). The van der Waals surface area contributed by atoms with Gasteiger partial charge in [-0.15, -0.1) is 0 Å². The van der Waals surface area contributed by atoms with Crippen LogP contribution in [0.15, 0.2) is 18.2 Å². The molecule has 2 rings (SSSR count). The summed E-state index contributed by atoms with van der Waals surface area (Å²) in [6.07, 6.45) is 2.59. The molecule has 0 heterocycles. The summed E-state index contributed by atoms with van der Waals surface area (Å²) in [7, 11) is 1.59. The molecule has 0 bridgehead atoms. The number of methoxy groups -OCH3 is 1. The second-order valence-corrected chi connectivity index (χ2v) is 5.14. The second kappa shape index (κ2) is 6.19. The molecule has 108 valence electrons. The lowest BCUT2D eigenvalue weighted by atomic mass is 10.1. The molecule has 0 aromatic heterocycles. The normalized spacial score (nSPS) is 21.7. The molecule has 2 unspecified atom stereocenters. The lowest BCUT2D eigenvalue weighted by Crippen LogP contribution is -2.40. The van der Waals surface area contributed by atoms with Gasteiger partial charge in [0.25, 0.3) is 11.6 Å². The molecule has 1 saturated carbocycles. The zero-order chi connectivity index (χ0) is 14.7. The summed E-state index contributed by atoms with van der Waals surface area (Å²) < 4.78 is 5.29. The Kier molecular flexibility index (Phi) is 4.57. The van der Waals surface area contributed by atoms with E-state index < -0.39 is 10.8 Å². The Hall–Kier alpha value is -1.66. The zero-order valence-corrected chi connectivity index (χ0v) is 11.7. The first-order valence-corrected chi connectivity index (χ1v) is 6.68. The summed E-state index contributed by atoms with van der Waals surface area (Å²) in [4.78, 5) is 22.6. The third-order valence-corrected chi connectivity index (χ3v) is 3.71. The van der Waals surface area contributed by atoms with Crippen molar-refractivity contribution in [2.75, 3.05) is 7.11 Å². The Morgan fingerprint density at radius 2 is 2.25 bits per heavy atom. The Morgan fingerprint density at radius 3 is 2.90 bits per heavy atom. The third kappa shape index (κ3) is 3.08. The number of carbonyl (C=O) groups is 1. The van der Waals surface area contributed by atoms with E-state index in [0.717, 1.165) is 19.3 Å². The fraction of sp³-hybridized carbons (Fsp3) is 0.462. The van der Waals surface area contributed by atoms with Gasteiger partial charge in [-0.05, 0) is 31.4 Å². The number of nitrogens with one attached hydrogen (secondary N) is 1. The summed E-state index contributed by atoms with van der Waals surface area (Å²) >= 11 is 5.81. The molecular formula is C13H15ClN2O4. The van der Waals surface area contributed by atoms with Crippen LogP contribution in [0.3, 0.4) is 0 Å². The first kappa shape index (κ1) is 14.7. The van der Waals surface area contributed by atoms with Crippen molar-refractivity contribution in [2.24, 2.45) is 0 Å². The molecule has 1 fully saturated rings. The van der Waals surface area contributed by atoms with E-state index >= 15 is 0 Å². The number of hydrogen-bond acceptors (Lipinski definition) is 4. The van der Waals surface area contributed by atoms with Crippen LogP contribution in [0.2, 0.25) is 5.02 Å². The highest BCUT2D eigenvalue weighted by Gasteiger charge is 2.30. The minimum absolute atomic E-state index is 0.0238. The summed E-state index contributed by atoms with van der Waals surface area (Å²) in [5.41, 5.74) is -0.275. The number of ether oxygens (including phenoxy) is 1. The van der Waals surface area contributed by atoms with Gasteiger partial charge in [0.1, 0.15) is 5.56 Å². The highest BCUT2D eigenvalue weighted by atomic mass is 35.5. The van der Waals surface area contributed by atoms with Gasteiger partial charge in [-0.2, -0.15) is 0 Å². The van der Waals surface area contributed by atoms with Crippen molar-refractivity contribution in [2.45, 2.75) is 31.4 Å². The molecule has 2 atom stereocenters. The van der Waals surface area contributed by atoms with Crippen LogP contribution in [0.25, 0.3) is 0 Å². The highest BCUT2D eigenvalue weighted by Crippen LogP contribution is 2.25. The van der Waals surface area contributed by atoms with Crippen LogP contribution in [0, 0.1) is 10.1 Å². The maximum atomic E-state index is 12.2. The molecule has 1 aromatic carbocycles. The zero-order valence-electron chi connectivity index (χ0n) is 11.0. The summed E-state index contributed by atoms with van der Waals surface area (Å²) in [5, 5.41) is 14.0. The van der Waals surface area contributed by atoms with Crippen molar-refractivity contribution >= 4 is 23.2 Å². The van der Waals surface area contributed by atoms with Crippen LogP contribution in [0.4, 0.5) is 5.69 Å². The third-order valence-electron chi connectivity index (χ3n) is 3.47. The molecule has 20 heavy (non-hydrogen) atoms. The molecule has 1 aliphatic rings. The molecule has 7 heteroatoms. The monoisotopic (exact) mass is 298 g/mol. The summed E-state index contributed by atoms with van der Waals surface area (Å²) in [5.74, 6) is -0.492. The van der Waals surface area contributed by atoms with E-state index in [-0.39, 0.29) is 28.4 Å². The van der Waals surface area contributed by atoms with Crippen LogP contribution >= 0.6 is 11.6 Å². The molecule has 0 aliphatic heterocycles. The van der Waals surface area contributed by atoms with E-state index in [1.165, 1.54) is 18.2 Å². The number of amides is 1. The van der Waals surface area contributed by atoms with Crippen molar-refractivity contribution in [3.8, 4) is 0 Å². The lowest BCUT2D eigenvalue weighted by molar-refractivity contribution is -0.385. The minimum Gasteiger partial charge on any atom is -0.379 e. The fourth-order valence-corrected chi connectivity index (χ4v) is 2.64. The molecule has 1 N–H and O–H groups in total. The van der Waals surface area contributed by atoms with Gasteiger partial charge in [0.2, 0.25) is 0 Å².